The second kappa shape index (κ2) is 6.40. The van der Waals surface area contributed by atoms with E-state index in [2.05, 4.69) is 10.3 Å². The van der Waals surface area contributed by atoms with Gasteiger partial charge in [0, 0.05) is 30.1 Å². The molecule has 1 aromatic carbocycles. The van der Waals surface area contributed by atoms with Crippen LogP contribution in [0.25, 0.3) is 10.6 Å². The standard InChI is InChI=1S/C15H16ClFN2OS/c1-20-8-13-14(7-18-10-3-4-10)21-15(19-13)11-5-2-9(17)6-12(11)16/h2,5-6,10,18H,3-4,7-8H2,1H3. The Morgan fingerprint density at radius 2 is 2.29 bits per heavy atom. The number of benzene rings is 1. The van der Waals surface area contributed by atoms with E-state index in [1.54, 1.807) is 24.5 Å². The lowest BCUT2D eigenvalue weighted by Crippen LogP contribution is -2.15. The molecule has 3 rings (SSSR count). The number of aromatic nitrogens is 1. The molecule has 3 nitrogen and oxygen atoms in total. The molecule has 1 fully saturated rings. The second-order valence-corrected chi connectivity index (χ2v) is 6.59. The molecule has 112 valence electrons. The van der Waals surface area contributed by atoms with Gasteiger partial charge in [-0.25, -0.2) is 9.37 Å². The van der Waals surface area contributed by atoms with Crippen molar-refractivity contribution in [3.8, 4) is 10.6 Å². The summed E-state index contributed by atoms with van der Waals surface area (Å²) in [4.78, 5) is 5.76. The van der Waals surface area contributed by atoms with E-state index in [0.29, 0.717) is 17.7 Å². The molecule has 0 spiro atoms. The number of ether oxygens (including phenoxy) is 1. The highest BCUT2D eigenvalue weighted by molar-refractivity contribution is 7.15. The van der Waals surface area contributed by atoms with Crippen molar-refractivity contribution in [2.45, 2.75) is 32.0 Å². The summed E-state index contributed by atoms with van der Waals surface area (Å²) in [7, 11) is 1.65. The third-order valence-electron chi connectivity index (χ3n) is 3.35. The molecular weight excluding hydrogens is 311 g/mol. The van der Waals surface area contributed by atoms with Crippen molar-refractivity contribution >= 4 is 22.9 Å². The third-order valence-corrected chi connectivity index (χ3v) is 4.79. The number of nitrogens with one attached hydrogen (secondary N) is 1. The lowest BCUT2D eigenvalue weighted by atomic mass is 10.2. The van der Waals surface area contributed by atoms with Crippen molar-refractivity contribution in [1.82, 2.24) is 10.3 Å². The predicted molar refractivity (Wildman–Crippen MR) is 83.1 cm³/mol. The van der Waals surface area contributed by atoms with Crippen LogP contribution < -0.4 is 5.32 Å². The molecule has 0 radical (unpaired) electrons. The van der Waals surface area contributed by atoms with Gasteiger partial charge in [0.1, 0.15) is 10.8 Å². The molecule has 0 unspecified atom stereocenters. The van der Waals surface area contributed by atoms with Crippen LogP contribution in [0.3, 0.4) is 0 Å². The molecule has 1 aliphatic carbocycles. The summed E-state index contributed by atoms with van der Waals surface area (Å²) in [6.45, 7) is 1.26. The zero-order valence-corrected chi connectivity index (χ0v) is 13.2. The molecule has 0 aliphatic heterocycles. The van der Waals surface area contributed by atoms with Crippen LogP contribution in [0.15, 0.2) is 18.2 Å². The van der Waals surface area contributed by atoms with E-state index in [1.807, 2.05) is 0 Å². The fourth-order valence-corrected chi connectivity index (χ4v) is 3.44. The zero-order chi connectivity index (χ0) is 14.8. The van der Waals surface area contributed by atoms with Crippen LogP contribution in [0.1, 0.15) is 23.4 Å². The van der Waals surface area contributed by atoms with Crippen LogP contribution in [0, 0.1) is 5.82 Å². The molecule has 0 saturated heterocycles. The normalized spacial score (nSPS) is 14.6. The van der Waals surface area contributed by atoms with Crippen molar-refractivity contribution in [1.29, 1.82) is 0 Å². The maximum Gasteiger partial charge on any atom is 0.125 e. The minimum atomic E-state index is -0.340. The Morgan fingerprint density at radius 1 is 1.48 bits per heavy atom. The van der Waals surface area contributed by atoms with Gasteiger partial charge in [0.15, 0.2) is 0 Å². The van der Waals surface area contributed by atoms with E-state index in [0.717, 1.165) is 27.7 Å². The molecule has 1 aliphatic rings. The Balaban J connectivity index is 1.88. The number of thiazole rings is 1. The SMILES string of the molecule is COCc1nc(-c2ccc(F)cc2Cl)sc1CNC1CC1. The minimum absolute atomic E-state index is 0.340. The molecule has 0 bridgehead atoms. The average molecular weight is 327 g/mol. The molecule has 1 heterocycles. The van der Waals surface area contributed by atoms with Gasteiger partial charge in [-0.15, -0.1) is 11.3 Å². The summed E-state index contributed by atoms with van der Waals surface area (Å²) < 4.78 is 18.4. The van der Waals surface area contributed by atoms with Crippen LogP contribution in [-0.4, -0.2) is 18.1 Å². The predicted octanol–water partition coefficient (Wildman–Crippen LogP) is 4.00. The highest BCUT2D eigenvalue weighted by Crippen LogP contribution is 2.34. The molecule has 2 aromatic rings. The van der Waals surface area contributed by atoms with Crippen molar-refractivity contribution in [2.24, 2.45) is 0 Å². The van der Waals surface area contributed by atoms with Crippen molar-refractivity contribution < 1.29 is 9.13 Å². The van der Waals surface area contributed by atoms with Gasteiger partial charge < -0.3 is 10.1 Å². The van der Waals surface area contributed by atoms with E-state index >= 15 is 0 Å². The van der Waals surface area contributed by atoms with E-state index < -0.39 is 0 Å². The van der Waals surface area contributed by atoms with Crippen LogP contribution >= 0.6 is 22.9 Å². The van der Waals surface area contributed by atoms with E-state index in [1.165, 1.54) is 25.0 Å². The van der Waals surface area contributed by atoms with Crippen LogP contribution in [0.4, 0.5) is 4.39 Å². The van der Waals surface area contributed by atoms with E-state index in [9.17, 15) is 4.39 Å². The summed E-state index contributed by atoms with van der Waals surface area (Å²) in [6.07, 6.45) is 2.49. The smallest absolute Gasteiger partial charge is 0.125 e. The third kappa shape index (κ3) is 3.61. The molecular formula is C15H16ClFN2OS. The van der Waals surface area contributed by atoms with Gasteiger partial charge in [-0.2, -0.15) is 0 Å². The monoisotopic (exact) mass is 326 g/mol. The molecule has 6 heteroatoms. The van der Waals surface area contributed by atoms with Gasteiger partial charge in [0.05, 0.1) is 17.3 Å². The number of methoxy groups -OCH3 is 1. The summed E-state index contributed by atoms with van der Waals surface area (Å²) in [5.41, 5.74) is 1.68. The Labute approximate surface area is 132 Å². The topological polar surface area (TPSA) is 34.1 Å². The van der Waals surface area contributed by atoms with Gasteiger partial charge >= 0.3 is 0 Å². The van der Waals surface area contributed by atoms with Crippen LogP contribution in [-0.2, 0) is 17.9 Å². The van der Waals surface area contributed by atoms with Gasteiger partial charge in [0.25, 0.3) is 0 Å². The minimum Gasteiger partial charge on any atom is -0.378 e. The van der Waals surface area contributed by atoms with Gasteiger partial charge in [-0.3, -0.25) is 0 Å². The first-order valence-corrected chi connectivity index (χ1v) is 8.03. The average Bonchev–Trinajstić information content (AvgIpc) is 3.19. The van der Waals surface area contributed by atoms with Crippen molar-refractivity contribution in [2.75, 3.05) is 7.11 Å². The first-order valence-electron chi connectivity index (χ1n) is 6.83. The number of halogens is 2. The van der Waals surface area contributed by atoms with Crippen LogP contribution in [0.5, 0.6) is 0 Å². The van der Waals surface area contributed by atoms with E-state index in [-0.39, 0.29) is 5.82 Å². The van der Waals surface area contributed by atoms with Gasteiger partial charge in [-0.05, 0) is 31.0 Å². The molecule has 1 N–H and O–H groups in total. The first kappa shape index (κ1) is 14.9. The lowest BCUT2D eigenvalue weighted by Gasteiger charge is -2.02. The Morgan fingerprint density at radius 3 is 2.95 bits per heavy atom. The maximum absolute atomic E-state index is 13.2. The fourth-order valence-electron chi connectivity index (χ4n) is 2.07. The quantitative estimate of drug-likeness (QED) is 0.871. The van der Waals surface area contributed by atoms with E-state index in [4.69, 9.17) is 16.3 Å². The highest BCUT2D eigenvalue weighted by atomic mass is 35.5. The molecule has 0 atom stereocenters. The Kier molecular flexibility index (Phi) is 4.54. The molecule has 21 heavy (non-hydrogen) atoms. The largest absolute Gasteiger partial charge is 0.378 e. The highest BCUT2D eigenvalue weighted by Gasteiger charge is 2.22. The number of hydrogen-bond donors (Lipinski definition) is 1. The zero-order valence-electron chi connectivity index (χ0n) is 11.7. The Bertz CT molecular complexity index is 643. The van der Waals surface area contributed by atoms with Crippen molar-refractivity contribution in [3.05, 3.63) is 39.6 Å². The van der Waals surface area contributed by atoms with Crippen molar-refractivity contribution in [3.63, 3.8) is 0 Å². The van der Waals surface area contributed by atoms with Crippen LogP contribution in [0.2, 0.25) is 5.02 Å². The number of rotatable bonds is 6. The lowest BCUT2D eigenvalue weighted by molar-refractivity contribution is 0.181. The Hall–Kier alpha value is -1.01. The summed E-state index contributed by atoms with van der Waals surface area (Å²) in [6, 6.07) is 5.03. The number of hydrogen-bond acceptors (Lipinski definition) is 4. The maximum atomic E-state index is 13.2. The molecule has 1 aromatic heterocycles. The fraction of sp³-hybridized carbons (Fsp3) is 0.400. The molecule has 0 amide bonds. The van der Waals surface area contributed by atoms with Gasteiger partial charge in [-0.1, -0.05) is 11.6 Å². The number of nitrogens with zero attached hydrogens (tertiary/aromatic N) is 1. The second-order valence-electron chi connectivity index (χ2n) is 5.10. The van der Waals surface area contributed by atoms with Gasteiger partial charge in [0.2, 0.25) is 0 Å². The first-order chi connectivity index (χ1) is 10.2. The summed E-state index contributed by atoms with van der Waals surface area (Å²) >= 11 is 7.70. The summed E-state index contributed by atoms with van der Waals surface area (Å²) in [5, 5.41) is 4.67. The summed E-state index contributed by atoms with van der Waals surface area (Å²) in [5.74, 6) is -0.340. The molecule has 1 saturated carbocycles.